The van der Waals surface area contributed by atoms with Gasteiger partial charge in [0.25, 0.3) is 0 Å². The van der Waals surface area contributed by atoms with Crippen LogP contribution in [0.15, 0.2) is 47.6 Å². The molecule has 18 heavy (non-hydrogen) atoms. The van der Waals surface area contributed by atoms with Gasteiger partial charge in [-0.25, -0.2) is 0 Å². The normalized spacial score (nSPS) is 19.6. The van der Waals surface area contributed by atoms with Crippen molar-refractivity contribution in [3.05, 3.63) is 59.4 Å². The Hall–Kier alpha value is -1.32. The largest absolute Gasteiger partial charge is 0.387 e. The van der Waals surface area contributed by atoms with Crippen LogP contribution in [0, 0.1) is 6.92 Å². The number of aliphatic hydroxyl groups is 1. The molecule has 0 aliphatic carbocycles. The van der Waals surface area contributed by atoms with Crippen molar-refractivity contribution in [2.45, 2.75) is 29.6 Å². The number of nitrogens with zero attached hydrogens (tertiary/aromatic N) is 1. The van der Waals surface area contributed by atoms with Crippen LogP contribution in [-0.2, 0) is 6.42 Å². The predicted molar refractivity (Wildman–Crippen MR) is 73.7 cm³/mol. The number of hydrogen-bond acceptors (Lipinski definition) is 3. The Morgan fingerprint density at radius 3 is 2.94 bits per heavy atom. The number of thioether (sulfide) groups is 1. The molecule has 0 saturated heterocycles. The average molecular weight is 257 g/mol. The van der Waals surface area contributed by atoms with Gasteiger partial charge in [0.2, 0.25) is 0 Å². The highest BCUT2D eigenvalue weighted by molar-refractivity contribution is 8.00. The minimum Gasteiger partial charge on any atom is -0.387 e. The van der Waals surface area contributed by atoms with Gasteiger partial charge < -0.3 is 5.11 Å². The molecule has 1 aromatic heterocycles. The summed E-state index contributed by atoms with van der Waals surface area (Å²) in [5.41, 5.74) is 3.35. The van der Waals surface area contributed by atoms with Crippen LogP contribution in [-0.4, -0.2) is 15.3 Å². The minimum absolute atomic E-state index is 0.200. The van der Waals surface area contributed by atoms with Crippen molar-refractivity contribution in [2.24, 2.45) is 0 Å². The number of pyridine rings is 1. The zero-order chi connectivity index (χ0) is 12.5. The van der Waals surface area contributed by atoms with Crippen LogP contribution < -0.4 is 0 Å². The lowest BCUT2D eigenvalue weighted by Gasteiger charge is -2.17. The number of aliphatic hydroxyl groups excluding tert-OH is 1. The fourth-order valence-corrected chi connectivity index (χ4v) is 3.67. The highest BCUT2D eigenvalue weighted by atomic mass is 32.2. The predicted octanol–water partition coefficient (Wildman–Crippen LogP) is 3.14. The first-order chi connectivity index (χ1) is 8.74. The van der Waals surface area contributed by atoms with E-state index in [9.17, 15) is 5.11 Å². The molecule has 0 saturated carbocycles. The Morgan fingerprint density at radius 2 is 2.17 bits per heavy atom. The third kappa shape index (κ3) is 2.16. The lowest BCUT2D eigenvalue weighted by molar-refractivity contribution is 0.174. The minimum atomic E-state index is -0.449. The first-order valence-electron chi connectivity index (χ1n) is 6.08. The van der Waals surface area contributed by atoms with Gasteiger partial charge in [-0.05, 0) is 30.5 Å². The fraction of sp³-hybridized carbons (Fsp3) is 0.267. The summed E-state index contributed by atoms with van der Waals surface area (Å²) in [5, 5.41) is 10.7. The van der Waals surface area contributed by atoms with Crippen LogP contribution in [0.3, 0.4) is 0 Å². The number of aryl methyl sites for hydroxylation is 1. The lowest BCUT2D eigenvalue weighted by atomic mass is 10.0. The molecule has 0 amide bonds. The molecule has 0 fully saturated rings. The molecular weight excluding hydrogens is 242 g/mol. The molecule has 3 heteroatoms. The van der Waals surface area contributed by atoms with Crippen molar-refractivity contribution in [3.63, 3.8) is 0 Å². The highest BCUT2D eigenvalue weighted by Gasteiger charge is 2.29. The van der Waals surface area contributed by atoms with E-state index in [0.29, 0.717) is 0 Å². The molecule has 2 aromatic rings. The molecule has 1 aromatic carbocycles. The van der Waals surface area contributed by atoms with Crippen LogP contribution in [0.2, 0.25) is 0 Å². The fourth-order valence-electron chi connectivity index (χ4n) is 2.34. The van der Waals surface area contributed by atoms with Gasteiger partial charge in [0.15, 0.2) is 0 Å². The maximum Gasteiger partial charge on any atom is 0.0930 e. The third-order valence-electron chi connectivity index (χ3n) is 3.26. The molecule has 1 aliphatic heterocycles. The van der Waals surface area contributed by atoms with Gasteiger partial charge in [0.05, 0.1) is 6.10 Å². The van der Waals surface area contributed by atoms with E-state index in [0.717, 1.165) is 17.5 Å². The summed E-state index contributed by atoms with van der Waals surface area (Å²) >= 11 is 1.77. The monoisotopic (exact) mass is 257 g/mol. The van der Waals surface area contributed by atoms with E-state index in [1.807, 2.05) is 19.2 Å². The third-order valence-corrected chi connectivity index (χ3v) is 4.64. The SMILES string of the molecule is Cc1cncc(C(O)C2Cc3ccccc3S2)c1. The number of rotatable bonds is 2. The molecule has 0 spiro atoms. The van der Waals surface area contributed by atoms with Crippen LogP contribution in [0.5, 0.6) is 0 Å². The molecule has 2 unspecified atom stereocenters. The molecule has 2 atom stereocenters. The van der Waals surface area contributed by atoms with E-state index in [1.54, 1.807) is 18.0 Å². The molecule has 0 radical (unpaired) electrons. The van der Waals surface area contributed by atoms with Gasteiger partial charge in [-0.2, -0.15) is 0 Å². The van der Waals surface area contributed by atoms with Crippen LogP contribution >= 0.6 is 11.8 Å². The number of benzene rings is 1. The summed E-state index contributed by atoms with van der Waals surface area (Å²) in [6.07, 6.45) is 4.05. The number of hydrogen-bond donors (Lipinski definition) is 1. The Bertz CT molecular complexity index is 545. The average Bonchev–Trinajstić information content (AvgIpc) is 2.81. The van der Waals surface area contributed by atoms with Crippen molar-refractivity contribution >= 4 is 11.8 Å². The Morgan fingerprint density at radius 1 is 1.33 bits per heavy atom. The Kier molecular flexibility index (Phi) is 3.10. The maximum absolute atomic E-state index is 10.5. The number of fused-ring (bicyclic) bond motifs is 1. The quantitative estimate of drug-likeness (QED) is 0.897. The second-order valence-electron chi connectivity index (χ2n) is 4.71. The summed E-state index contributed by atoms with van der Waals surface area (Å²) in [5.74, 6) is 0. The van der Waals surface area contributed by atoms with Crippen LogP contribution in [0.1, 0.15) is 22.8 Å². The zero-order valence-corrected chi connectivity index (χ0v) is 11.0. The second kappa shape index (κ2) is 4.75. The van der Waals surface area contributed by atoms with E-state index >= 15 is 0 Å². The van der Waals surface area contributed by atoms with Gasteiger partial charge in [-0.3, -0.25) is 4.98 Å². The van der Waals surface area contributed by atoms with Crippen molar-refractivity contribution in [3.8, 4) is 0 Å². The lowest BCUT2D eigenvalue weighted by Crippen LogP contribution is -2.14. The first-order valence-corrected chi connectivity index (χ1v) is 6.96. The number of aromatic nitrogens is 1. The van der Waals surface area contributed by atoms with Crippen molar-refractivity contribution in [2.75, 3.05) is 0 Å². The van der Waals surface area contributed by atoms with E-state index in [4.69, 9.17) is 0 Å². The van der Waals surface area contributed by atoms with Crippen molar-refractivity contribution in [1.29, 1.82) is 0 Å². The summed E-state index contributed by atoms with van der Waals surface area (Å²) < 4.78 is 0. The van der Waals surface area contributed by atoms with Gasteiger partial charge in [-0.1, -0.05) is 24.3 Å². The molecular formula is C15H15NOS. The molecule has 2 heterocycles. The van der Waals surface area contributed by atoms with E-state index < -0.39 is 6.10 Å². The Balaban J connectivity index is 1.82. The van der Waals surface area contributed by atoms with E-state index in [2.05, 4.69) is 29.2 Å². The Labute approximate surface area is 111 Å². The summed E-state index contributed by atoms with van der Waals surface area (Å²) in [7, 11) is 0. The van der Waals surface area contributed by atoms with Gasteiger partial charge in [-0.15, -0.1) is 11.8 Å². The highest BCUT2D eigenvalue weighted by Crippen LogP contribution is 2.42. The molecule has 1 aliphatic rings. The summed E-state index contributed by atoms with van der Waals surface area (Å²) in [6, 6.07) is 10.4. The smallest absolute Gasteiger partial charge is 0.0930 e. The van der Waals surface area contributed by atoms with Gasteiger partial charge in [0.1, 0.15) is 0 Å². The second-order valence-corrected chi connectivity index (χ2v) is 5.99. The van der Waals surface area contributed by atoms with Crippen molar-refractivity contribution in [1.82, 2.24) is 4.98 Å². The van der Waals surface area contributed by atoms with Gasteiger partial charge in [0, 0.05) is 28.1 Å². The molecule has 2 nitrogen and oxygen atoms in total. The standard InChI is InChI=1S/C15H15NOS/c1-10-6-12(9-16-8-10)15(17)14-7-11-4-2-3-5-13(11)18-14/h2-6,8-9,14-15,17H,7H2,1H3. The maximum atomic E-state index is 10.5. The van der Waals surface area contributed by atoms with Crippen LogP contribution in [0.4, 0.5) is 0 Å². The van der Waals surface area contributed by atoms with E-state index in [1.165, 1.54) is 10.5 Å². The summed E-state index contributed by atoms with van der Waals surface area (Å²) in [4.78, 5) is 5.45. The van der Waals surface area contributed by atoms with E-state index in [-0.39, 0.29) is 5.25 Å². The molecule has 3 rings (SSSR count). The van der Waals surface area contributed by atoms with Crippen LogP contribution in [0.25, 0.3) is 0 Å². The first kappa shape index (κ1) is 11.8. The van der Waals surface area contributed by atoms with Crippen molar-refractivity contribution < 1.29 is 5.11 Å². The zero-order valence-electron chi connectivity index (χ0n) is 10.2. The topological polar surface area (TPSA) is 33.1 Å². The molecule has 0 bridgehead atoms. The van der Waals surface area contributed by atoms with Gasteiger partial charge >= 0.3 is 0 Å². The molecule has 1 N–H and O–H groups in total. The molecule has 92 valence electrons. The summed E-state index contributed by atoms with van der Waals surface area (Å²) in [6.45, 7) is 2.00.